The largest absolute Gasteiger partial charge is 0.382 e. The minimum absolute atomic E-state index is 0.211. The Morgan fingerprint density at radius 1 is 1.38 bits per heavy atom. The van der Waals surface area contributed by atoms with E-state index in [1.165, 1.54) is 0 Å². The van der Waals surface area contributed by atoms with Crippen molar-refractivity contribution in [2.24, 2.45) is 0 Å². The third-order valence-electron chi connectivity index (χ3n) is 2.46. The Bertz CT molecular complexity index is 354. The minimum atomic E-state index is 0.211. The molecule has 1 fully saturated rings. The van der Waals surface area contributed by atoms with Gasteiger partial charge in [0.2, 0.25) is 0 Å². The van der Waals surface area contributed by atoms with Crippen molar-refractivity contribution in [1.29, 1.82) is 0 Å². The van der Waals surface area contributed by atoms with E-state index in [1.54, 1.807) is 6.07 Å². The summed E-state index contributed by atoms with van der Waals surface area (Å²) < 4.78 is 5.57. The molecule has 1 atom stereocenters. The topological polar surface area (TPSA) is 33.3 Å². The quantitative estimate of drug-likeness (QED) is 0.876. The highest BCUT2D eigenvalue weighted by Crippen LogP contribution is 2.24. The van der Waals surface area contributed by atoms with Crippen molar-refractivity contribution in [1.82, 2.24) is 5.32 Å². The predicted octanol–water partition coefficient (Wildman–Crippen LogP) is 2.39. The molecule has 1 unspecified atom stereocenters. The maximum absolute atomic E-state index is 5.92. The van der Waals surface area contributed by atoms with Crippen molar-refractivity contribution in [2.45, 2.75) is 6.10 Å². The van der Waals surface area contributed by atoms with Crippen LogP contribution in [-0.4, -0.2) is 32.3 Å². The van der Waals surface area contributed by atoms with Crippen LogP contribution in [0.4, 0.5) is 5.69 Å². The van der Waals surface area contributed by atoms with Gasteiger partial charge in [0.1, 0.15) is 0 Å². The van der Waals surface area contributed by atoms with E-state index in [0.717, 1.165) is 31.9 Å². The highest BCUT2D eigenvalue weighted by atomic mass is 35.5. The Morgan fingerprint density at radius 2 is 2.25 bits per heavy atom. The van der Waals surface area contributed by atoms with Crippen molar-refractivity contribution in [3.8, 4) is 0 Å². The molecule has 88 valence electrons. The van der Waals surface area contributed by atoms with Gasteiger partial charge in [0.25, 0.3) is 0 Å². The molecular weight excluding hydrogens is 247 g/mol. The summed E-state index contributed by atoms with van der Waals surface area (Å²) >= 11 is 11.8. The molecule has 0 saturated carbocycles. The van der Waals surface area contributed by atoms with Gasteiger partial charge in [-0.15, -0.1) is 0 Å². The molecule has 16 heavy (non-hydrogen) atoms. The summed E-state index contributed by atoms with van der Waals surface area (Å²) in [4.78, 5) is 0. The predicted molar refractivity (Wildman–Crippen MR) is 67.6 cm³/mol. The van der Waals surface area contributed by atoms with E-state index in [0.29, 0.717) is 10.0 Å². The second kappa shape index (κ2) is 5.73. The maximum Gasteiger partial charge on any atom is 0.0872 e. The zero-order valence-electron chi connectivity index (χ0n) is 8.80. The van der Waals surface area contributed by atoms with E-state index in [-0.39, 0.29) is 6.10 Å². The van der Waals surface area contributed by atoms with Gasteiger partial charge in [-0.1, -0.05) is 23.2 Å². The van der Waals surface area contributed by atoms with Gasteiger partial charge in [0, 0.05) is 25.3 Å². The summed E-state index contributed by atoms with van der Waals surface area (Å²) in [6.07, 6.45) is 0.211. The fraction of sp³-hybridized carbons (Fsp3) is 0.455. The average molecular weight is 261 g/mol. The molecule has 0 spiro atoms. The summed E-state index contributed by atoms with van der Waals surface area (Å²) in [5, 5.41) is 7.69. The molecule has 1 aliphatic rings. The highest BCUT2D eigenvalue weighted by molar-refractivity contribution is 6.42. The molecule has 0 aromatic heterocycles. The Kier molecular flexibility index (Phi) is 4.29. The van der Waals surface area contributed by atoms with Crippen molar-refractivity contribution in [3.05, 3.63) is 28.2 Å². The highest BCUT2D eigenvalue weighted by Gasteiger charge is 2.12. The van der Waals surface area contributed by atoms with Crippen LogP contribution in [-0.2, 0) is 4.74 Å². The number of halogens is 2. The number of benzene rings is 1. The molecule has 3 nitrogen and oxygen atoms in total. The molecule has 1 saturated heterocycles. The first-order valence-corrected chi connectivity index (χ1v) is 6.02. The Hall–Kier alpha value is -0.480. The second-order valence-corrected chi connectivity index (χ2v) is 4.52. The molecule has 2 N–H and O–H groups in total. The molecule has 0 amide bonds. The van der Waals surface area contributed by atoms with Crippen LogP contribution in [0, 0.1) is 0 Å². The number of morpholine rings is 1. The van der Waals surface area contributed by atoms with E-state index in [1.807, 2.05) is 12.1 Å². The molecule has 1 aliphatic heterocycles. The van der Waals surface area contributed by atoms with Crippen LogP contribution in [0.25, 0.3) is 0 Å². The van der Waals surface area contributed by atoms with E-state index in [2.05, 4.69) is 10.6 Å². The van der Waals surface area contributed by atoms with Gasteiger partial charge >= 0.3 is 0 Å². The smallest absolute Gasteiger partial charge is 0.0872 e. The molecule has 0 aliphatic carbocycles. The van der Waals surface area contributed by atoms with Crippen LogP contribution in [0.5, 0.6) is 0 Å². The summed E-state index contributed by atoms with van der Waals surface area (Å²) in [6.45, 7) is 3.36. The van der Waals surface area contributed by atoms with Crippen LogP contribution in [0.3, 0.4) is 0 Å². The number of nitrogens with one attached hydrogen (secondary N) is 2. The number of ether oxygens (including phenoxy) is 1. The fourth-order valence-electron chi connectivity index (χ4n) is 1.59. The molecule has 1 aromatic rings. The lowest BCUT2D eigenvalue weighted by molar-refractivity contribution is 0.0372. The van der Waals surface area contributed by atoms with Crippen molar-refractivity contribution in [2.75, 3.05) is 31.6 Å². The lowest BCUT2D eigenvalue weighted by Crippen LogP contribution is -2.42. The third kappa shape index (κ3) is 3.25. The first-order valence-electron chi connectivity index (χ1n) is 5.27. The monoisotopic (exact) mass is 260 g/mol. The Morgan fingerprint density at radius 3 is 2.94 bits per heavy atom. The SMILES string of the molecule is Clc1ccc(NCC2CNCCO2)cc1Cl. The van der Waals surface area contributed by atoms with Crippen LogP contribution < -0.4 is 10.6 Å². The van der Waals surface area contributed by atoms with Gasteiger partial charge in [0.05, 0.1) is 22.8 Å². The molecule has 0 radical (unpaired) electrons. The van der Waals surface area contributed by atoms with Crippen molar-refractivity contribution >= 4 is 28.9 Å². The molecule has 2 rings (SSSR count). The lowest BCUT2D eigenvalue weighted by atomic mass is 10.2. The van der Waals surface area contributed by atoms with E-state index < -0.39 is 0 Å². The fourth-order valence-corrected chi connectivity index (χ4v) is 1.89. The normalized spacial score (nSPS) is 20.8. The van der Waals surface area contributed by atoms with E-state index >= 15 is 0 Å². The average Bonchev–Trinajstić information content (AvgIpc) is 2.32. The van der Waals surface area contributed by atoms with Gasteiger partial charge in [-0.25, -0.2) is 0 Å². The standard InChI is InChI=1S/C11H14Cl2N2O/c12-10-2-1-8(5-11(10)13)15-7-9-6-14-3-4-16-9/h1-2,5,9,14-15H,3-4,6-7H2. The first-order chi connectivity index (χ1) is 7.75. The number of anilines is 1. The second-order valence-electron chi connectivity index (χ2n) is 3.71. The van der Waals surface area contributed by atoms with Gasteiger partial charge in [0.15, 0.2) is 0 Å². The Balaban J connectivity index is 1.86. The minimum Gasteiger partial charge on any atom is -0.382 e. The zero-order chi connectivity index (χ0) is 11.4. The van der Waals surface area contributed by atoms with Crippen LogP contribution in [0.15, 0.2) is 18.2 Å². The number of hydrogen-bond acceptors (Lipinski definition) is 3. The molecule has 1 aromatic carbocycles. The number of rotatable bonds is 3. The summed E-state index contributed by atoms with van der Waals surface area (Å²) in [7, 11) is 0. The van der Waals surface area contributed by atoms with Gasteiger partial charge in [-0.05, 0) is 18.2 Å². The lowest BCUT2D eigenvalue weighted by Gasteiger charge is -2.24. The molecule has 5 heteroatoms. The summed E-state index contributed by atoms with van der Waals surface area (Å²) in [5.41, 5.74) is 0.962. The number of hydrogen-bond donors (Lipinski definition) is 2. The summed E-state index contributed by atoms with van der Waals surface area (Å²) in [6, 6.07) is 5.51. The van der Waals surface area contributed by atoms with Gasteiger partial charge in [-0.3, -0.25) is 0 Å². The molecular formula is C11H14Cl2N2O. The van der Waals surface area contributed by atoms with Gasteiger partial charge < -0.3 is 15.4 Å². The van der Waals surface area contributed by atoms with Crippen LogP contribution >= 0.6 is 23.2 Å². The van der Waals surface area contributed by atoms with Crippen LogP contribution in [0.1, 0.15) is 0 Å². The summed E-state index contributed by atoms with van der Waals surface area (Å²) in [5.74, 6) is 0. The molecule has 1 heterocycles. The zero-order valence-corrected chi connectivity index (χ0v) is 10.3. The van der Waals surface area contributed by atoms with Crippen LogP contribution in [0.2, 0.25) is 10.0 Å². The van der Waals surface area contributed by atoms with Gasteiger partial charge in [-0.2, -0.15) is 0 Å². The van der Waals surface area contributed by atoms with E-state index in [4.69, 9.17) is 27.9 Å². The van der Waals surface area contributed by atoms with Crippen molar-refractivity contribution in [3.63, 3.8) is 0 Å². The first kappa shape index (κ1) is 12.0. The van der Waals surface area contributed by atoms with Crippen molar-refractivity contribution < 1.29 is 4.74 Å². The Labute approximate surface area is 105 Å². The maximum atomic E-state index is 5.92. The van der Waals surface area contributed by atoms with E-state index in [9.17, 15) is 0 Å². The third-order valence-corrected chi connectivity index (χ3v) is 3.20. The molecule has 0 bridgehead atoms.